The molecule has 0 bridgehead atoms. The minimum Gasteiger partial charge on any atom is -0.378 e. The fourth-order valence-electron chi connectivity index (χ4n) is 3.14. The van der Waals surface area contributed by atoms with E-state index in [1.807, 2.05) is 6.08 Å². The van der Waals surface area contributed by atoms with E-state index in [0.717, 1.165) is 5.56 Å². The van der Waals surface area contributed by atoms with Crippen molar-refractivity contribution < 1.29 is 0 Å². The zero-order chi connectivity index (χ0) is 19.4. The van der Waals surface area contributed by atoms with Crippen LogP contribution in [0.25, 0.3) is 6.08 Å². The number of nitrogens with zero attached hydrogens (tertiary/aromatic N) is 2. The van der Waals surface area contributed by atoms with E-state index in [1.165, 1.54) is 34.0 Å². The Bertz CT molecular complexity index is 822. The molecule has 0 atom stereocenters. The zero-order valence-electron chi connectivity index (χ0n) is 16.6. The summed E-state index contributed by atoms with van der Waals surface area (Å²) in [6.45, 7) is 3.86. The highest BCUT2D eigenvalue weighted by Crippen LogP contribution is 2.33. The second-order valence-corrected chi connectivity index (χ2v) is 7.08. The van der Waals surface area contributed by atoms with Crippen LogP contribution in [0.3, 0.4) is 0 Å². The second kappa shape index (κ2) is 8.13. The molecule has 0 aliphatic rings. The quantitative estimate of drug-likeness (QED) is 0.540. The summed E-state index contributed by atoms with van der Waals surface area (Å²) in [5, 5.41) is 0. The van der Waals surface area contributed by atoms with E-state index in [1.54, 1.807) is 0 Å². The first-order chi connectivity index (χ1) is 13.0. The summed E-state index contributed by atoms with van der Waals surface area (Å²) in [7, 11) is 8.25. The van der Waals surface area contributed by atoms with Crippen LogP contribution in [0, 0.1) is 5.92 Å². The summed E-state index contributed by atoms with van der Waals surface area (Å²) >= 11 is 0. The maximum Gasteiger partial charge on any atom is 0.0629 e. The first-order valence-corrected chi connectivity index (χ1v) is 9.15. The van der Waals surface area contributed by atoms with Gasteiger partial charge < -0.3 is 9.80 Å². The molecule has 3 aromatic carbocycles. The molecule has 2 nitrogen and oxygen atoms in total. The average molecular weight is 356 g/mol. The van der Waals surface area contributed by atoms with E-state index in [2.05, 4.69) is 117 Å². The van der Waals surface area contributed by atoms with E-state index in [9.17, 15) is 0 Å². The van der Waals surface area contributed by atoms with Crippen molar-refractivity contribution in [2.45, 2.75) is 0 Å². The summed E-state index contributed by atoms with van der Waals surface area (Å²) in [5.41, 5.74) is 7.15. The molecule has 137 valence electrons. The first-order valence-electron chi connectivity index (χ1n) is 9.15. The molecule has 0 fully saturated rings. The van der Waals surface area contributed by atoms with Gasteiger partial charge in [0.25, 0.3) is 0 Å². The smallest absolute Gasteiger partial charge is 0.0629 e. The van der Waals surface area contributed by atoms with E-state index in [4.69, 9.17) is 0 Å². The van der Waals surface area contributed by atoms with Crippen LogP contribution in [-0.2, 0) is 0 Å². The minimum absolute atomic E-state index is 1.13. The predicted octanol–water partition coefficient (Wildman–Crippen LogP) is 5.48. The lowest BCUT2D eigenvalue weighted by molar-refractivity contribution is 1.12. The highest BCUT2D eigenvalue weighted by atomic mass is 15.1. The van der Waals surface area contributed by atoms with Gasteiger partial charge in [-0.15, -0.1) is 0 Å². The average Bonchev–Trinajstić information content (AvgIpc) is 2.69. The van der Waals surface area contributed by atoms with Crippen LogP contribution in [0.4, 0.5) is 11.4 Å². The number of hydrogen-bond donors (Lipinski definition) is 0. The Hall–Kier alpha value is -3.00. The van der Waals surface area contributed by atoms with Crippen molar-refractivity contribution in [2.75, 3.05) is 38.0 Å². The van der Waals surface area contributed by atoms with Gasteiger partial charge in [0, 0.05) is 39.6 Å². The van der Waals surface area contributed by atoms with Crippen molar-refractivity contribution in [2.24, 2.45) is 0 Å². The summed E-state index contributed by atoms with van der Waals surface area (Å²) in [4.78, 5) is 4.24. The van der Waals surface area contributed by atoms with E-state index >= 15 is 0 Å². The van der Waals surface area contributed by atoms with Crippen molar-refractivity contribution in [1.82, 2.24) is 0 Å². The van der Waals surface area contributed by atoms with Crippen LogP contribution >= 0.6 is 0 Å². The Balaban J connectivity index is 2.05. The number of hydrogen-bond acceptors (Lipinski definition) is 2. The zero-order valence-corrected chi connectivity index (χ0v) is 16.6. The Kier molecular flexibility index (Phi) is 5.66. The molecule has 0 heterocycles. The third-order valence-corrected chi connectivity index (χ3v) is 4.78. The Morgan fingerprint density at radius 2 is 0.926 bits per heavy atom. The van der Waals surface area contributed by atoms with Crippen molar-refractivity contribution in [1.29, 1.82) is 0 Å². The van der Waals surface area contributed by atoms with Gasteiger partial charge in [0.1, 0.15) is 0 Å². The van der Waals surface area contributed by atoms with Crippen LogP contribution in [0.2, 0.25) is 0 Å². The highest BCUT2D eigenvalue weighted by molar-refractivity contribution is 5.62. The molecule has 3 rings (SSSR count). The fourth-order valence-corrected chi connectivity index (χ4v) is 3.14. The van der Waals surface area contributed by atoms with Gasteiger partial charge in [-0.2, -0.15) is 0 Å². The third kappa shape index (κ3) is 4.22. The van der Waals surface area contributed by atoms with Crippen molar-refractivity contribution >= 4 is 17.5 Å². The van der Waals surface area contributed by atoms with Gasteiger partial charge >= 0.3 is 0 Å². The molecular formula is C25H27N2. The Morgan fingerprint density at radius 1 is 0.593 bits per heavy atom. The third-order valence-electron chi connectivity index (χ3n) is 4.78. The molecule has 0 saturated heterocycles. The predicted molar refractivity (Wildman–Crippen MR) is 119 cm³/mol. The summed E-state index contributed by atoms with van der Waals surface area (Å²) < 4.78 is 0. The van der Waals surface area contributed by atoms with Gasteiger partial charge in [0.2, 0.25) is 0 Å². The molecular weight excluding hydrogens is 328 g/mol. The maximum atomic E-state index is 3.86. The monoisotopic (exact) mass is 355 g/mol. The molecule has 27 heavy (non-hydrogen) atoms. The fraction of sp³-hybridized carbons (Fsp3) is 0.160. The molecule has 1 radical (unpaired) electrons. The van der Waals surface area contributed by atoms with Crippen molar-refractivity contribution in [3.8, 4) is 0 Å². The van der Waals surface area contributed by atoms with Gasteiger partial charge in [-0.05, 0) is 46.5 Å². The lowest BCUT2D eigenvalue weighted by atomic mass is 9.84. The largest absolute Gasteiger partial charge is 0.378 e. The van der Waals surface area contributed by atoms with Gasteiger partial charge in [-0.1, -0.05) is 61.2 Å². The number of anilines is 2. The van der Waals surface area contributed by atoms with Crippen LogP contribution in [0.1, 0.15) is 22.3 Å². The topological polar surface area (TPSA) is 6.48 Å². The van der Waals surface area contributed by atoms with E-state index in [-0.39, 0.29) is 0 Å². The van der Waals surface area contributed by atoms with Crippen LogP contribution in [0.5, 0.6) is 0 Å². The van der Waals surface area contributed by atoms with Gasteiger partial charge in [0.05, 0.1) is 5.92 Å². The standard InChI is InChI=1S/C25H27N2/c1-6-19-7-9-20(10-8-19)25(21-11-15-23(16-12-21)26(2)3)22-13-17-24(18-14-22)27(4)5/h6-18H,1H2,2-5H3. The molecule has 0 aliphatic carbocycles. The molecule has 3 aromatic rings. The first kappa shape index (κ1) is 18.8. The van der Waals surface area contributed by atoms with Crippen molar-refractivity contribution in [3.63, 3.8) is 0 Å². The Labute approximate surface area is 163 Å². The Morgan fingerprint density at radius 3 is 1.22 bits per heavy atom. The van der Waals surface area contributed by atoms with Crippen LogP contribution in [0.15, 0.2) is 79.4 Å². The van der Waals surface area contributed by atoms with E-state index in [0.29, 0.717) is 0 Å². The number of rotatable bonds is 6. The normalized spacial score (nSPS) is 10.7. The van der Waals surface area contributed by atoms with E-state index < -0.39 is 0 Å². The minimum atomic E-state index is 1.13. The summed E-state index contributed by atoms with van der Waals surface area (Å²) in [5.74, 6) is 1.24. The SMILES string of the molecule is C=Cc1ccc([C](c2ccc(N(C)C)cc2)c2ccc(N(C)C)cc2)cc1. The molecule has 2 heteroatoms. The van der Waals surface area contributed by atoms with Crippen LogP contribution in [-0.4, -0.2) is 28.2 Å². The molecule has 0 spiro atoms. The lowest BCUT2D eigenvalue weighted by Crippen LogP contribution is -2.10. The second-order valence-electron chi connectivity index (χ2n) is 7.08. The van der Waals surface area contributed by atoms with Gasteiger partial charge in [-0.25, -0.2) is 0 Å². The molecule has 0 aromatic heterocycles. The van der Waals surface area contributed by atoms with Crippen LogP contribution < -0.4 is 9.80 Å². The summed E-state index contributed by atoms with van der Waals surface area (Å²) in [6, 6.07) is 26.1. The molecule has 0 N–H and O–H groups in total. The van der Waals surface area contributed by atoms with Gasteiger partial charge in [-0.3, -0.25) is 0 Å². The molecule has 0 unspecified atom stereocenters. The molecule has 0 amide bonds. The molecule has 0 aliphatic heterocycles. The number of benzene rings is 3. The van der Waals surface area contributed by atoms with Gasteiger partial charge in [0.15, 0.2) is 0 Å². The highest BCUT2D eigenvalue weighted by Gasteiger charge is 2.18. The van der Waals surface area contributed by atoms with Crippen molar-refractivity contribution in [3.05, 3.63) is 108 Å². The molecule has 0 saturated carbocycles. The lowest BCUT2D eigenvalue weighted by Gasteiger charge is -2.21. The summed E-state index contributed by atoms with van der Waals surface area (Å²) in [6.07, 6.45) is 1.88. The maximum absolute atomic E-state index is 3.86.